The number of amides is 2. The third-order valence-corrected chi connectivity index (χ3v) is 1.99. The lowest BCUT2D eigenvalue weighted by atomic mass is 10.1. The first kappa shape index (κ1) is 12.9. The fraction of sp³-hybridized carbons (Fsp3) is 0.778. The molecule has 14 heavy (non-hydrogen) atoms. The van der Waals surface area contributed by atoms with Crippen molar-refractivity contribution in [3.63, 3.8) is 0 Å². The topological polar surface area (TPSA) is 84.2 Å². The Morgan fingerprint density at radius 1 is 1.36 bits per heavy atom. The number of nitrogens with two attached hydrogens (primary N) is 1. The van der Waals surface area contributed by atoms with Crippen molar-refractivity contribution >= 4 is 11.8 Å². The standard InChI is InChI=1S/C9H19N3O2/c1-7(13)12-6-4-3-5-8(11-2)9(10)14/h8,11H,3-6H2,1-2H3,(H2,10,14)(H,12,13)/t8-/m0/s1. The summed E-state index contributed by atoms with van der Waals surface area (Å²) < 4.78 is 0. The van der Waals surface area contributed by atoms with Crippen LogP contribution in [0.5, 0.6) is 0 Å². The van der Waals surface area contributed by atoms with Crippen LogP contribution in [0.25, 0.3) is 0 Å². The molecule has 0 radical (unpaired) electrons. The smallest absolute Gasteiger partial charge is 0.234 e. The van der Waals surface area contributed by atoms with Gasteiger partial charge in [-0.2, -0.15) is 0 Å². The number of hydrogen-bond acceptors (Lipinski definition) is 3. The van der Waals surface area contributed by atoms with Crippen molar-refractivity contribution in [2.75, 3.05) is 13.6 Å². The molecule has 1 atom stereocenters. The zero-order chi connectivity index (χ0) is 11.0. The van der Waals surface area contributed by atoms with Crippen LogP contribution in [0.1, 0.15) is 26.2 Å². The molecule has 82 valence electrons. The van der Waals surface area contributed by atoms with E-state index in [4.69, 9.17) is 5.73 Å². The SMILES string of the molecule is CN[C@@H](CCCCNC(C)=O)C(N)=O. The molecule has 4 N–H and O–H groups in total. The van der Waals surface area contributed by atoms with Gasteiger partial charge in [0.15, 0.2) is 0 Å². The summed E-state index contributed by atoms with van der Waals surface area (Å²) in [6.07, 6.45) is 2.45. The maximum atomic E-state index is 10.8. The lowest BCUT2D eigenvalue weighted by Gasteiger charge is -2.11. The number of carbonyl (C=O) groups is 2. The van der Waals surface area contributed by atoms with E-state index in [1.807, 2.05) is 0 Å². The number of hydrogen-bond donors (Lipinski definition) is 3. The summed E-state index contributed by atoms with van der Waals surface area (Å²) in [4.78, 5) is 21.3. The largest absolute Gasteiger partial charge is 0.368 e. The summed E-state index contributed by atoms with van der Waals surface area (Å²) in [7, 11) is 1.71. The minimum atomic E-state index is -0.327. The summed E-state index contributed by atoms with van der Waals surface area (Å²) in [6.45, 7) is 2.14. The van der Waals surface area contributed by atoms with Crippen molar-refractivity contribution in [2.24, 2.45) is 5.73 Å². The molecule has 0 aliphatic carbocycles. The third-order valence-electron chi connectivity index (χ3n) is 1.99. The fourth-order valence-electron chi connectivity index (χ4n) is 1.17. The van der Waals surface area contributed by atoms with Crippen LogP contribution < -0.4 is 16.4 Å². The molecule has 5 heteroatoms. The van der Waals surface area contributed by atoms with Crippen LogP contribution >= 0.6 is 0 Å². The number of unbranched alkanes of at least 4 members (excludes halogenated alkanes) is 1. The molecule has 0 unspecified atom stereocenters. The summed E-state index contributed by atoms with van der Waals surface area (Å²) in [5.41, 5.74) is 5.14. The van der Waals surface area contributed by atoms with Crippen LogP contribution in [0.4, 0.5) is 0 Å². The predicted molar refractivity (Wildman–Crippen MR) is 54.6 cm³/mol. The third kappa shape index (κ3) is 6.42. The first-order valence-corrected chi connectivity index (χ1v) is 4.79. The second-order valence-corrected chi connectivity index (χ2v) is 3.22. The highest BCUT2D eigenvalue weighted by molar-refractivity contribution is 5.79. The van der Waals surface area contributed by atoms with Crippen LogP contribution in [0.2, 0.25) is 0 Å². The van der Waals surface area contributed by atoms with Crippen molar-refractivity contribution in [2.45, 2.75) is 32.2 Å². The van der Waals surface area contributed by atoms with Gasteiger partial charge in [-0.1, -0.05) is 0 Å². The molecule has 0 saturated heterocycles. The Balaban J connectivity index is 3.42. The Labute approximate surface area is 84.4 Å². The molecule has 0 rings (SSSR count). The van der Waals surface area contributed by atoms with Gasteiger partial charge in [0.25, 0.3) is 0 Å². The summed E-state index contributed by atoms with van der Waals surface area (Å²) in [6, 6.07) is -0.257. The Bertz CT molecular complexity index is 194. The molecule has 0 saturated carbocycles. The first-order chi connectivity index (χ1) is 6.57. The van der Waals surface area contributed by atoms with Gasteiger partial charge in [0.05, 0.1) is 6.04 Å². The van der Waals surface area contributed by atoms with E-state index in [1.165, 1.54) is 6.92 Å². The second kappa shape index (κ2) is 7.32. The maximum Gasteiger partial charge on any atom is 0.234 e. The fourth-order valence-corrected chi connectivity index (χ4v) is 1.17. The zero-order valence-corrected chi connectivity index (χ0v) is 8.80. The molecule has 0 bridgehead atoms. The average Bonchev–Trinajstić information content (AvgIpc) is 2.10. The normalized spacial score (nSPS) is 12.1. The molecule has 0 fully saturated rings. The zero-order valence-electron chi connectivity index (χ0n) is 8.80. The van der Waals surface area contributed by atoms with Crippen LogP contribution in [-0.4, -0.2) is 31.4 Å². The molecule has 0 heterocycles. The molecule has 0 aromatic carbocycles. The Kier molecular flexibility index (Phi) is 6.74. The van der Waals surface area contributed by atoms with E-state index in [1.54, 1.807) is 7.05 Å². The average molecular weight is 201 g/mol. The Morgan fingerprint density at radius 2 is 2.00 bits per heavy atom. The molecule has 5 nitrogen and oxygen atoms in total. The summed E-state index contributed by atoms with van der Waals surface area (Å²) >= 11 is 0. The van der Waals surface area contributed by atoms with Crippen molar-refractivity contribution in [1.82, 2.24) is 10.6 Å². The molecule has 0 aromatic rings. The molecule has 0 aliphatic heterocycles. The molecule has 2 amide bonds. The van der Waals surface area contributed by atoms with Gasteiger partial charge in [-0.15, -0.1) is 0 Å². The van der Waals surface area contributed by atoms with Gasteiger partial charge in [0, 0.05) is 13.5 Å². The monoisotopic (exact) mass is 201 g/mol. The second-order valence-electron chi connectivity index (χ2n) is 3.22. The van der Waals surface area contributed by atoms with E-state index < -0.39 is 0 Å². The van der Waals surface area contributed by atoms with Gasteiger partial charge >= 0.3 is 0 Å². The molecular formula is C9H19N3O2. The van der Waals surface area contributed by atoms with E-state index in [9.17, 15) is 9.59 Å². The Hall–Kier alpha value is -1.10. The molecular weight excluding hydrogens is 182 g/mol. The lowest BCUT2D eigenvalue weighted by molar-refractivity contribution is -0.120. The van der Waals surface area contributed by atoms with Crippen LogP contribution in [0.15, 0.2) is 0 Å². The first-order valence-electron chi connectivity index (χ1n) is 4.79. The molecule has 0 aliphatic rings. The summed E-state index contributed by atoms with van der Waals surface area (Å²) in [5.74, 6) is -0.350. The van der Waals surface area contributed by atoms with Gasteiger partial charge in [0.2, 0.25) is 11.8 Å². The molecule has 0 aromatic heterocycles. The van der Waals surface area contributed by atoms with Crippen molar-refractivity contribution in [3.05, 3.63) is 0 Å². The highest BCUT2D eigenvalue weighted by Crippen LogP contribution is 1.99. The predicted octanol–water partition coefficient (Wildman–Crippen LogP) is -0.634. The highest BCUT2D eigenvalue weighted by Gasteiger charge is 2.10. The van der Waals surface area contributed by atoms with Gasteiger partial charge in [-0.25, -0.2) is 0 Å². The number of carbonyl (C=O) groups excluding carboxylic acids is 2. The van der Waals surface area contributed by atoms with Crippen LogP contribution in [-0.2, 0) is 9.59 Å². The van der Waals surface area contributed by atoms with E-state index in [0.717, 1.165) is 12.8 Å². The number of rotatable bonds is 7. The van der Waals surface area contributed by atoms with Gasteiger partial charge in [-0.05, 0) is 26.3 Å². The van der Waals surface area contributed by atoms with Gasteiger partial charge < -0.3 is 16.4 Å². The quantitative estimate of drug-likeness (QED) is 0.479. The van der Waals surface area contributed by atoms with E-state index >= 15 is 0 Å². The van der Waals surface area contributed by atoms with Crippen LogP contribution in [0, 0.1) is 0 Å². The van der Waals surface area contributed by atoms with E-state index in [2.05, 4.69) is 10.6 Å². The van der Waals surface area contributed by atoms with Crippen molar-refractivity contribution in [1.29, 1.82) is 0 Å². The number of primary amides is 1. The highest BCUT2D eigenvalue weighted by atomic mass is 16.1. The molecule has 0 spiro atoms. The van der Waals surface area contributed by atoms with Crippen molar-refractivity contribution < 1.29 is 9.59 Å². The Morgan fingerprint density at radius 3 is 2.43 bits per heavy atom. The van der Waals surface area contributed by atoms with Gasteiger partial charge in [-0.3, -0.25) is 9.59 Å². The lowest BCUT2D eigenvalue weighted by Crippen LogP contribution is -2.39. The maximum absolute atomic E-state index is 10.8. The van der Waals surface area contributed by atoms with E-state index in [-0.39, 0.29) is 17.9 Å². The minimum Gasteiger partial charge on any atom is -0.368 e. The minimum absolute atomic E-state index is 0.0231. The summed E-state index contributed by atoms with van der Waals surface area (Å²) in [5, 5.41) is 5.53. The number of likely N-dealkylation sites (N-methyl/N-ethyl adjacent to an activating group) is 1. The van der Waals surface area contributed by atoms with Crippen LogP contribution in [0.3, 0.4) is 0 Å². The van der Waals surface area contributed by atoms with Crippen molar-refractivity contribution in [3.8, 4) is 0 Å². The van der Waals surface area contributed by atoms with E-state index in [0.29, 0.717) is 13.0 Å². The number of nitrogens with one attached hydrogen (secondary N) is 2. The van der Waals surface area contributed by atoms with Gasteiger partial charge in [0.1, 0.15) is 0 Å².